The van der Waals surface area contributed by atoms with Crippen LogP contribution in [0.15, 0.2) is 54.6 Å². The molecule has 2 aromatic rings. The van der Waals surface area contributed by atoms with Crippen LogP contribution in [0.5, 0.6) is 0 Å². The first-order chi connectivity index (χ1) is 13.1. The fourth-order valence-corrected chi connectivity index (χ4v) is 3.49. The van der Waals surface area contributed by atoms with Crippen LogP contribution >= 0.6 is 0 Å². The molecule has 2 aromatic carbocycles. The van der Waals surface area contributed by atoms with Crippen molar-refractivity contribution >= 4 is 17.5 Å². The van der Waals surface area contributed by atoms with Gasteiger partial charge in [0.2, 0.25) is 11.8 Å². The van der Waals surface area contributed by atoms with E-state index in [0.717, 1.165) is 12.1 Å². The van der Waals surface area contributed by atoms with Crippen LogP contribution in [-0.2, 0) is 16.0 Å². The number of anilines is 1. The Morgan fingerprint density at radius 2 is 1.81 bits per heavy atom. The minimum Gasteiger partial charge on any atom is -0.355 e. The normalized spacial score (nSPS) is 17.8. The molecule has 0 radical (unpaired) electrons. The van der Waals surface area contributed by atoms with E-state index in [1.165, 1.54) is 11.1 Å². The lowest BCUT2D eigenvalue weighted by atomic mass is 10.0. The molecule has 27 heavy (non-hydrogen) atoms. The van der Waals surface area contributed by atoms with Crippen LogP contribution in [0.4, 0.5) is 5.69 Å². The zero-order chi connectivity index (χ0) is 19.2. The lowest BCUT2D eigenvalue weighted by Gasteiger charge is -2.40. The van der Waals surface area contributed by atoms with E-state index in [-0.39, 0.29) is 30.9 Å². The zero-order valence-corrected chi connectivity index (χ0v) is 16.0. The van der Waals surface area contributed by atoms with Crippen molar-refractivity contribution in [2.75, 3.05) is 31.1 Å². The highest BCUT2D eigenvalue weighted by atomic mass is 16.2. The number of nitrogens with zero attached hydrogens (tertiary/aromatic N) is 2. The summed E-state index contributed by atoms with van der Waals surface area (Å²) in [6, 6.07) is 18.4. The Morgan fingerprint density at radius 3 is 2.48 bits per heavy atom. The fraction of sp³-hybridized carbons (Fsp3) is 0.364. The van der Waals surface area contributed by atoms with Gasteiger partial charge < -0.3 is 10.2 Å². The van der Waals surface area contributed by atoms with E-state index in [9.17, 15) is 9.59 Å². The molecule has 1 atom stereocenters. The second kappa shape index (κ2) is 8.82. The molecule has 0 bridgehead atoms. The molecule has 0 aliphatic carbocycles. The number of benzene rings is 2. The van der Waals surface area contributed by atoms with Gasteiger partial charge in [0.1, 0.15) is 0 Å². The number of hydrogen-bond donors (Lipinski definition) is 1. The van der Waals surface area contributed by atoms with Gasteiger partial charge in [-0.25, -0.2) is 0 Å². The van der Waals surface area contributed by atoms with Gasteiger partial charge in [-0.1, -0.05) is 48.0 Å². The van der Waals surface area contributed by atoms with E-state index in [4.69, 9.17) is 0 Å². The van der Waals surface area contributed by atoms with Crippen molar-refractivity contribution in [1.29, 1.82) is 0 Å². The first-order valence-electron chi connectivity index (χ1n) is 9.48. The highest BCUT2D eigenvalue weighted by Gasteiger charge is 2.33. The van der Waals surface area contributed by atoms with Gasteiger partial charge in [-0.2, -0.15) is 0 Å². The van der Waals surface area contributed by atoms with Crippen molar-refractivity contribution in [2.45, 2.75) is 26.3 Å². The third-order valence-electron chi connectivity index (χ3n) is 4.93. The molecular formula is C22H27N3O2. The third kappa shape index (κ3) is 4.95. The summed E-state index contributed by atoms with van der Waals surface area (Å²) in [4.78, 5) is 28.8. The van der Waals surface area contributed by atoms with E-state index in [1.807, 2.05) is 66.1 Å². The van der Waals surface area contributed by atoms with Gasteiger partial charge in [-0.15, -0.1) is 0 Å². The first-order valence-corrected chi connectivity index (χ1v) is 9.48. The van der Waals surface area contributed by atoms with Crippen molar-refractivity contribution in [3.8, 4) is 0 Å². The number of amides is 2. The number of hydrogen-bond acceptors (Lipinski definition) is 3. The monoisotopic (exact) mass is 365 g/mol. The van der Waals surface area contributed by atoms with E-state index < -0.39 is 0 Å². The minimum absolute atomic E-state index is 0.0347. The summed E-state index contributed by atoms with van der Waals surface area (Å²) < 4.78 is 0. The summed E-state index contributed by atoms with van der Waals surface area (Å²) in [5, 5.41) is 2.84. The highest BCUT2D eigenvalue weighted by molar-refractivity contribution is 5.96. The topological polar surface area (TPSA) is 52.7 Å². The molecule has 0 unspecified atom stereocenters. The summed E-state index contributed by atoms with van der Waals surface area (Å²) in [5.74, 6) is -0.000360. The lowest BCUT2D eigenvalue weighted by Crippen LogP contribution is -2.59. The Kier molecular flexibility index (Phi) is 6.24. The predicted octanol–water partition coefficient (Wildman–Crippen LogP) is 2.39. The van der Waals surface area contributed by atoms with Gasteiger partial charge in [0.15, 0.2) is 0 Å². The van der Waals surface area contributed by atoms with E-state index in [0.29, 0.717) is 13.1 Å². The van der Waals surface area contributed by atoms with Gasteiger partial charge in [-0.3, -0.25) is 14.5 Å². The molecule has 0 aromatic heterocycles. The fourth-order valence-electron chi connectivity index (χ4n) is 3.49. The molecule has 0 spiro atoms. The molecule has 5 nitrogen and oxygen atoms in total. The van der Waals surface area contributed by atoms with Crippen molar-refractivity contribution < 1.29 is 9.59 Å². The largest absolute Gasteiger partial charge is 0.355 e. The van der Waals surface area contributed by atoms with Gasteiger partial charge >= 0.3 is 0 Å². The number of piperazine rings is 1. The quantitative estimate of drug-likeness (QED) is 0.855. The predicted molar refractivity (Wildman–Crippen MR) is 108 cm³/mol. The maximum Gasteiger partial charge on any atom is 0.241 e. The van der Waals surface area contributed by atoms with Crippen LogP contribution < -0.4 is 10.2 Å². The van der Waals surface area contributed by atoms with Crippen LogP contribution in [0.25, 0.3) is 0 Å². The number of carbonyl (C=O) groups is 2. The Labute approximate surface area is 161 Å². The highest BCUT2D eigenvalue weighted by Crippen LogP contribution is 2.22. The summed E-state index contributed by atoms with van der Waals surface area (Å²) >= 11 is 0. The second-order valence-electron chi connectivity index (χ2n) is 7.04. The molecule has 1 fully saturated rings. The molecule has 1 aliphatic heterocycles. The van der Waals surface area contributed by atoms with Crippen LogP contribution in [0.3, 0.4) is 0 Å². The summed E-state index contributed by atoms with van der Waals surface area (Å²) in [7, 11) is 0. The van der Waals surface area contributed by atoms with E-state index >= 15 is 0 Å². The molecule has 1 heterocycles. The number of likely N-dealkylation sites (N-methyl/N-ethyl adjacent to an activating group) is 1. The molecule has 0 saturated carbocycles. The molecular weight excluding hydrogens is 338 g/mol. The Bertz CT molecular complexity index is 774. The van der Waals surface area contributed by atoms with E-state index in [1.54, 1.807) is 0 Å². The van der Waals surface area contributed by atoms with E-state index in [2.05, 4.69) is 17.4 Å². The lowest BCUT2D eigenvalue weighted by molar-refractivity contribution is -0.126. The summed E-state index contributed by atoms with van der Waals surface area (Å²) in [6.45, 7) is 5.62. The average Bonchev–Trinajstić information content (AvgIpc) is 2.66. The zero-order valence-electron chi connectivity index (χ0n) is 16.0. The van der Waals surface area contributed by atoms with Gasteiger partial charge in [0.05, 0.1) is 13.1 Å². The molecule has 1 N–H and O–H groups in total. The number of rotatable bonds is 6. The van der Waals surface area contributed by atoms with Crippen molar-refractivity contribution in [2.24, 2.45) is 0 Å². The molecule has 5 heteroatoms. The van der Waals surface area contributed by atoms with Crippen LogP contribution in [0, 0.1) is 6.92 Å². The SMILES string of the molecule is CCNC(=O)CN1CC(=O)N(c2ccc(C)cc2)C[C@H]1Cc1ccccc1. The standard InChI is InChI=1S/C22H27N3O2/c1-3-23-21(26)15-24-16-22(27)25(19-11-9-17(2)10-12-19)14-20(24)13-18-7-5-4-6-8-18/h4-12,20H,3,13-16H2,1-2H3,(H,23,26)/t20-/m1/s1. The Balaban J connectivity index is 1.80. The number of aryl methyl sites for hydroxylation is 1. The van der Waals surface area contributed by atoms with Crippen LogP contribution in [0.1, 0.15) is 18.1 Å². The number of nitrogens with one attached hydrogen (secondary N) is 1. The Morgan fingerprint density at radius 1 is 1.11 bits per heavy atom. The minimum atomic E-state index is -0.0350. The average molecular weight is 365 g/mol. The van der Waals surface area contributed by atoms with Crippen LogP contribution in [-0.4, -0.2) is 48.9 Å². The molecule has 2 amide bonds. The molecule has 1 saturated heterocycles. The maximum absolute atomic E-state index is 12.8. The van der Waals surface area contributed by atoms with Gasteiger partial charge in [-0.05, 0) is 38.0 Å². The van der Waals surface area contributed by atoms with Crippen molar-refractivity contribution in [3.63, 3.8) is 0 Å². The molecule has 1 aliphatic rings. The maximum atomic E-state index is 12.8. The first kappa shape index (κ1) is 19.1. The smallest absolute Gasteiger partial charge is 0.241 e. The molecule has 3 rings (SSSR count). The third-order valence-corrected chi connectivity index (χ3v) is 4.93. The number of carbonyl (C=O) groups excluding carboxylic acids is 2. The van der Waals surface area contributed by atoms with Gasteiger partial charge in [0, 0.05) is 24.8 Å². The van der Waals surface area contributed by atoms with Crippen LogP contribution in [0.2, 0.25) is 0 Å². The molecule has 142 valence electrons. The summed E-state index contributed by atoms with van der Waals surface area (Å²) in [6.07, 6.45) is 0.801. The second-order valence-corrected chi connectivity index (χ2v) is 7.04. The van der Waals surface area contributed by atoms with Gasteiger partial charge in [0.25, 0.3) is 0 Å². The Hall–Kier alpha value is -2.66. The van der Waals surface area contributed by atoms with Crippen molar-refractivity contribution in [1.82, 2.24) is 10.2 Å². The summed E-state index contributed by atoms with van der Waals surface area (Å²) in [5.41, 5.74) is 3.30. The van der Waals surface area contributed by atoms with Crippen molar-refractivity contribution in [3.05, 3.63) is 65.7 Å².